The van der Waals surface area contributed by atoms with Crippen LogP contribution in [0.25, 0.3) is 0 Å². The van der Waals surface area contributed by atoms with Gasteiger partial charge in [0.1, 0.15) is 0 Å². The summed E-state index contributed by atoms with van der Waals surface area (Å²) in [6, 6.07) is 0. The predicted molar refractivity (Wildman–Crippen MR) is 33.0 cm³/mol. The maximum Gasteiger partial charge on any atom is 0.379 e. The van der Waals surface area contributed by atoms with Crippen LogP contribution < -0.4 is 0 Å². The normalized spacial score (nSPS) is 8.77. The molecule has 0 amide bonds. The highest BCUT2D eigenvalue weighted by molar-refractivity contribution is 4.22. The summed E-state index contributed by atoms with van der Waals surface area (Å²) in [5, 5.41) is 15.8. The van der Waals surface area contributed by atoms with Gasteiger partial charge in [-0.3, -0.25) is 0 Å². The van der Waals surface area contributed by atoms with Crippen molar-refractivity contribution in [3.05, 3.63) is 0 Å². The Hall–Kier alpha value is -0.500. The van der Waals surface area contributed by atoms with Gasteiger partial charge in [0.15, 0.2) is 0 Å². The molecular formula is C5H10F6O2. The van der Waals surface area contributed by atoms with E-state index in [4.69, 9.17) is 10.2 Å². The largest absolute Gasteiger partial charge is 0.396 e. The van der Waals surface area contributed by atoms with Gasteiger partial charge in [-0.25, -0.2) is 0 Å². The van der Waals surface area contributed by atoms with E-state index < -0.39 is 13.4 Å². The maximum absolute atomic E-state index is 9.67. The highest BCUT2D eigenvalue weighted by Gasteiger charge is 1.86. The highest BCUT2D eigenvalue weighted by atomic mass is 19.4. The van der Waals surface area contributed by atoms with Crippen molar-refractivity contribution >= 4 is 0 Å². The summed E-state index contributed by atoms with van der Waals surface area (Å²) in [6.07, 6.45) is 0.500. The minimum absolute atomic E-state index is 0.0938. The van der Waals surface area contributed by atoms with E-state index in [0.717, 1.165) is 0 Å². The van der Waals surface area contributed by atoms with Crippen LogP contribution in [0.4, 0.5) is 26.3 Å². The Morgan fingerprint density at radius 3 is 0.846 bits per heavy atom. The quantitative estimate of drug-likeness (QED) is 0.690. The zero-order chi connectivity index (χ0) is 11.3. The van der Waals surface area contributed by atoms with E-state index in [9.17, 15) is 26.3 Å². The van der Waals surface area contributed by atoms with Crippen molar-refractivity contribution in [2.75, 3.05) is 13.2 Å². The van der Waals surface area contributed by atoms with Gasteiger partial charge in [-0.1, -0.05) is 0 Å². The number of rotatable bonds is 2. The van der Waals surface area contributed by atoms with E-state index in [0.29, 0.717) is 6.42 Å². The average Bonchev–Trinajstić information content (AvgIpc) is 1.86. The first-order chi connectivity index (χ1) is 5.88. The van der Waals surface area contributed by atoms with Crippen LogP contribution in [-0.4, -0.2) is 36.8 Å². The van der Waals surface area contributed by atoms with Crippen molar-refractivity contribution in [1.82, 2.24) is 0 Å². The first-order valence-corrected chi connectivity index (χ1v) is 2.94. The molecule has 0 atom stereocenters. The molecule has 0 aromatic carbocycles. The molecule has 2 N–H and O–H groups in total. The molecule has 13 heavy (non-hydrogen) atoms. The summed E-state index contributed by atoms with van der Waals surface area (Å²) in [5.41, 5.74) is 0. The second-order valence-corrected chi connectivity index (χ2v) is 1.30. The van der Waals surface area contributed by atoms with Gasteiger partial charge in [0.05, 0.1) is 0 Å². The lowest BCUT2D eigenvalue weighted by Gasteiger charge is -1.79. The fourth-order valence-corrected chi connectivity index (χ4v) is 0.0707. The Labute approximate surface area is 70.8 Å². The molecule has 0 spiro atoms. The van der Waals surface area contributed by atoms with Crippen LogP contribution in [0, 0.1) is 0 Å². The highest BCUT2D eigenvalue weighted by Crippen LogP contribution is 1.87. The van der Waals surface area contributed by atoms with Crippen LogP contribution in [0.2, 0.25) is 0 Å². The molecule has 0 fully saturated rings. The van der Waals surface area contributed by atoms with Crippen molar-refractivity contribution in [2.24, 2.45) is 0 Å². The lowest BCUT2D eigenvalue weighted by atomic mass is 10.5. The molecule has 8 heteroatoms. The van der Waals surface area contributed by atoms with Crippen LogP contribution in [0.5, 0.6) is 0 Å². The summed E-state index contributed by atoms with van der Waals surface area (Å²) in [5.74, 6) is 0. The predicted octanol–water partition coefficient (Wildman–Crippen LogP) is 1.72. The van der Waals surface area contributed by atoms with Gasteiger partial charge in [-0.2, -0.15) is 26.3 Å². The molecule has 0 heterocycles. The molecule has 0 rings (SSSR count). The van der Waals surface area contributed by atoms with Crippen molar-refractivity contribution < 1.29 is 36.6 Å². The Balaban J connectivity index is -0.000000117. The van der Waals surface area contributed by atoms with E-state index in [2.05, 4.69) is 0 Å². The van der Waals surface area contributed by atoms with Crippen molar-refractivity contribution in [3.63, 3.8) is 0 Å². The molecule has 84 valence electrons. The Morgan fingerprint density at radius 2 is 0.846 bits per heavy atom. The molecule has 0 saturated heterocycles. The molecule has 0 unspecified atom stereocenters. The third-order valence-electron chi connectivity index (χ3n) is 0.316. The summed E-state index contributed by atoms with van der Waals surface area (Å²) in [7, 11) is 0. The van der Waals surface area contributed by atoms with E-state index in [1.165, 1.54) is 0 Å². The van der Waals surface area contributed by atoms with E-state index in [1.54, 1.807) is 0 Å². The van der Waals surface area contributed by atoms with Gasteiger partial charge >= 0.3 is 13.4 Å². The molecule has 0 aromatic heterocycles. The van der Waals surface area contributed by atoms with Crippen molar-refractivity contribution in [2.45, 2.75) is 19.8 Å². The van der Waals surface area contributed by atoms with Crippen LogP contribution >= 0.6 is 0 Å². The minimum atomic E-state index is -3.67. The maximum atomic E-state index is 9.67. The number of halogens is 6. The molecule has 0 aromatic rings. The van der Waals surface area contributed by atoms with Crippen molar-refractivity contribution in [1.29, 1.82) is 0 Å². The van der Waals surface area contributed by atoms with Gasteiger partial charge in [-0.15, -0.1) is 0 Å². The Bertz CT molecular complexity index is 58.5. The molecule has 0 aliphatic carbocycles. The van der Waals surface area contributed by atoms with Gasteiger partial charge in [0, 0.05) is 13.2 Å². The molecule has 0 aliphatic rings. The van der Waals surface area contributed by atoms with Crippen LogP contribution in [0.1, 0.15) is 6.42 Å². The molecule has 0 bridgehead atoms. The van der Waals surface area contributed by atoms with Gasteiger partial charge in [0.2, 0.25) is 0 Å². The molecule has 0 saturated carbocycles. The third kappa shape index (κ3) is 461. The SMILES string of the molecule is FC(F)F.FC(F)F.OCCCO. The topological polar surface area (TPSA) is 40.5 Å². The second-order valence-electron chi connectivity index (χ2n) is 1.30. The van der Waals surface area contributed by atoms with Gasteiger partial charge < -0.3 is 10.2 Å². The third-order valence-corrected chi connectivity index (χ3v) is 0.316. The van der Waals surface area contributed by atoms with Crippen LogP contribution in [-0.2, 0) is 0 Å². The second kappa shape index (κ2) is 17.5. The lowest BCUT2D eigenvalue weighted by molar-refractivity contribution is 0.00734. The molecule has 0 radical (unpaired) electrons. The Kier molecular flexibility index (Phi) is 24.7. The summed E-state index contributed by atoms with van der Waals surface area (Å²) in [6.45, 7) is -7.15. The Morgan fingerprint density at radius 1 is 0.692 bits per heavy atom. The summed E-state index contributed by atoms with van der Waals surface area (Å²) >= 11 is 0. The van der Waals surface area contributed by atoms with E-state index in [1.807, 2.05) is 0 Å². The first kappa shape index (κ1) is 18.3. The molecule has 0 aliphatic heterocycles. The monoisotopic (exact) mass is 216 g/mol. The first-order valence-electron chi connectivity index (χ1n) is 2.94. The van der Waals surface area contributed by atoms with Crippen LogP contribution in [0.15, 0.2) is 0 Å². The average molecular weight is 216 g/mol. The number of aliphatic hydroxyl groups excluding tert-OH is 2. The summed E-state index contributed by atoms with van der Waals surface area (Å²) in [4.78, 5) is 0. The molecule has 2 nitrogen and oxygen atoms in total. The summed E-state index contributed by atoms with van der Waals surface area (Å²) < 4.78 is 58.0. The zero-order valence-corrected chi connectivity index (χ0v) is 6.44. The van der Waals surface area contributed by atoms with Crippen molar-refractivity contribution in [3.8, 4) is 0 Å². The van der Waals surface area contributed by atoms with E-state index >= 15 is 0 Å². The number of hydrogen-bond donors (Lipinski definition) is 2. The zero-order valence-electron chi connectivity index (χ0n) is 6.44. The number of alkyl halides is 6. The minimum Gasteiger partial charge on any atom is -0.396 e. The van der Waals surface area contributed by atoms with Gasteiger partial charge in [-0.05, 0) is 6.42 Å². The van der Waals surface area contributed by atoms with Crippen LogP contribution in [0.3, 0.4) is 0 Å². The fourth-order valence-electron chi connectivity index (χ4n) is 0.0707. The van der Waals surface area contributed by atoms with E-state index in [-0.39, 0.29) is 13.2 Å². The van der Waals surface area contributed by atoms with Gasteiger partial charge in [0.25, 0.3) is 0 Å². The smallest absolute Gasteiger partial charge is 0.379 e. The number of hydrogen-bond acceptors (Lipinski definition) is 2. The fraction of sp³-hybridized carbons (Fsp3) is 1.00. The number of aliphatic hydroxyl groups is 2. The molecular weight excluding hydrogens is 206 g/mol. The lowest BCUT2D eigenvalue weighted by Crippen LogP contribution is -1.85. The standard InChI is InChI=1S/C3H8O2.2CHF3/c4-2-1-3-5;2*2-1(3)4/h4-5H,1-3H2;2*1H.